The van der Waals surface area contributed by atoms with E-state index in [0.29, 0.717) is 12.8 Å². The van der Waals surface area contributed by atoms with Crippen LogP contribution in [0.4, 0.5) is 8.78 Å². The van der Waals surface area contributed by atoms with Crippen LogP contribution in [-0.2, 0) is 11.2 Å². The van der Waals surface area contributed by atoms with Gasteiger partial charge in [-0.2, -0.15) is 13.8 Å². The van der Waals surface area contributed by atoms with Crippen LogP contribution in [0.2, 0.25) is 0 Å². The number of hydrogen-bond acceptors (Lipinski definition) is 5. The van der Waals surface area contributed by atoms with E-state index in [1.807, 2.05) is 0 Å². The SMILES string of the molecule is O=C(O)CCCc1nc(-c2ccccc2OC(F)F)no1. The molecule has 0 spiro atoms. The fourth-order valence-electron chi connectivity index (χ4n) is 1.71. The van der Waals surface area contributed by atoms with Gasteiger partial charge in [-0.05, 0) is 18.6 Å². The van der Waals surface area contributed by atoms with Gasteiger partial charge in [0.15, 0.2) is 0 Å². The van der Waals surface area contributed by atoms with E-state index in [9.17, 15) is 13.6 Å². The number of halogens is 2. The highest BCUT2D eigenvalue weighted by Gasteiger charge is 2.15. The summed E-state index contributed by atoms with van der Waals surface area (Å²) in [6.45, 7) is -2.95. The first kappa shape index (κ1) is 14.9. The molecule has 0 saturated carbocycles. The number of aromatic nitrogens is 2. The predicted octanol–water partition coefficient (Wildman–Crippen LogP) is 2.75. The van der Waals surface area contributed by atoms with Gasteiger partial charge in [0.2, 0.25) is 11.7 Å². The lowest BCUT2D eigenvalue weighted by molar-refractivity contribution is -0.137. The Labute approximate surface area is 118 Å². The summed E-state index contributed by atoms with van der Waals surface area (Å²) in [5.74, 6) is -0.592. The monoisotopic (exact) mass is 298 g/mol. The molecule has 0 bridgehead atoms. The topological polar surface area (TPSA) is 85.5 Å². The number of carboxylic acid groups (broad SMARTS) is 1. The molecule has 112 valence electrons. The van der Waals surface area contributed by atoms with Crippen LogP contribution in [0.5, 0.6) is 5.75 Å². The van der Waals surface area contributed by atoms with Crippen molar-refractivity contribution < 1.29 is 27.9 Å². The first-order valence-electron chi connectivity index (χ1n) is 6.15. The lowest BCUT2D eigenvalue weighted by atomic mass is 10.2. The summed E-state index contributed by atoms with van der Waals surface area (Å²) in [6.07, 6.45) is 0.645. The molecular formula is C13H12F2N2O4. The van der Waals surface area contributed by atoms with Crippen molar-refractivity contribution in [2.24, 2.45) is 0 Å². The third-order valence-corrected chi connectivity index (χ3v) is 2.59. The standard InChI is InChI=1S/C13H12F2N2O4/c14-13(15)20-9-5-2-1-4-8(9)12-16-10(21-17-12)6-3-7-11(18)19/h1-2,4-5,13H,3,6-7H2,(H,18,19). The van der Waals surface area contributed by atoms with Gasteiger partial charge in [0.25, 0.3) is 0 Å². The number of aryl methyl sites for hydroxylation is 1. The number of para-hydroxylation sites is 1. The zero-order valence-electron chi connectivity index (χ0n) is 10.8. The highest BCUT2D eigenvalue weighted by atomic mass is 19.3. The van der Waals surface area contributed by atoms with E-state index in [0.717, 1.165) is 0 Å². The largest absolute Gasteiger partial charge is 0.481 e. The number of alkyl halides is 2. The van der Waals surface area contributed by atoms with Gasteiger partial charge in [-0.25, -0.2) is 0 Å². The number of hydrogen-bond donors (Lipinski definition) is 1. The Morgan fingerprint density at radius 3 is 2.86 bits per heavy atom. The molecule has 6 nitrogen and oxygen atoms in total. The fourth-order valence-corrected chi connectivity index (χ4v) is 1.71. The molecule has 2 aromatic rings. The first-order chi connectivity index (χ1) is 10.1. The van der Waals surface area contributed by atoms with Gasteiger partial charge in [0.05, 0.1) is 5.56 Å². The summed E-state index contributed by atoms with van der Waals surface area (Å²) in [6, 6.07) is 6.09. The van der Waals surface area contributed by atoms with Crippen LogP contribution in [-0.4, -0.2) is 27.8 Å². The number of ether oxygens (including phenoxy) is 1. The van der Waals surface area contributed by atoms with Crippen molar-refractivity contribution in [2.75, 3.05) is 0 Å². The molecule has 21 heavy (non-hydrogen) atoms. The predicted molar refractivity (Wildman–Crippen MR) is 66.9 cm³/mol. The molecule has 0 atom stereocenters. The molecule has 0 radical (unpaired) electrons. The van der Waals surface area contributed by atoms with Gasteiger partial charge in [-0.3, -0.25) is 4.79 Å². The third kappa shape index (κ3) is 4.23. The highest BCUT2D eigenvalue weighted by molar-refractivity contribution is 5.66. The summed E-state index contributed by atoms with van der Waals surface area (Å²) < 4.78 is 34.0. The minimum atomic E-state index is -2.95. The van der Waals surface area contributed by atoms with Gasteiger partial charge < -0.3 is 14.4 Å². The van der Waals surface area contributed by atoms with Crippen molar-refractivity contribution in [1.82, 2.24) is 10.1 Å². The van der Waals surface area contributed by atoms with Gasteiger partial charge >= 0.3 is 12.6 Å². The number of carboxylic acids is 1. The van der Waals surface area contributed by atoms with Crippen LogP contribution in [0.15, 0.2) is 28.8 Å². The number of benzene rings is 1. The minimum absolute atomic E-state index is 0.0111. The fraction of sp³-hybridized carbons (Fsp3) is 0.308. The Morgan fingerprint density at radius 1 is 1.38 bits per heavy atom. The molecule has 0 fully saturated rings. The smallest absolute Gasteiger partial charge is 0.387 e. The maximum absolute atomic E-state index is 12.3. The Bertz CT molecular complexity index is 616. The lowest BCUT2D eigenvalue weighted by Gasteiger charge is -2.07. The van der Waals surface area contributed by atoms with Crippen LogP contribution in [0.25, 0.3) is 11.4 Å². The molecule has 8 heteroatoms. The van der Waals surface area contributed by atoms with Crippen molar-refractivity contribution in [3.05, 3.63) is 30.2 Å². The minimum Gasteiger partial charge on any atom is -0.481 e. The second-order valence-corrected chi connectivity index (χ2v) is 4.13. The Hall–Kier alpha value is -2.51. The summed E-state index contributed by atoms with van der Waals surface area (Å²) in [5.41, 5.74) is 0.283. The van der Waals surface area contributed by atoms with E-state index >= 15 is 0 Å². The molecule has 0 saturated heterocycles. The van der Waals surface area contributed by atoms with Gasteiger partial charge in [0, 0.05) is 12.8 Å². The molecule has 2 rings (SSSR count). The van der Waals surface area contributed by atoms with Crippen LogP contribution in [0.3, 0.4) is 0 Å². The zero-order chi connectivity index (χ0) is 15.2. The van der Waals surface area contributed by atoms with E-state index < -0.39 is 12.6 Å². The summed E-state index contributed by atoms with van der Waals surface area (Å²) in [4.78, 5) is 14.5. The van der Waals surface area contributed by atoms with Gasteiger partial charge in [-0.15, -0.1) is 0 Å². The van der Waals surface area contributed by atoms with E-state index in [1.54, 1.807) is 12.1 Å². The molecule has 0 aliphatic carbocycles. The summed E-state index contributed by atoms with van der Waals surface area (Å²) in [7, 11) is 0. The Balaban J connectivity index is 2.12. The molecule has 1 heterocycles. The molecule has 0 unspecified atom stereocenters. The Kier molecular flexibility index (Phi) is 4.81. The molecule has 1 aromatic heterocycles. The molecule has 0 aliphatic heterocycles. The summed E-state index contributed by atoms with van der Waals surface area (Å²) in [5, 5.41) is 12.2. The Morgan fingerprint density at radius 2 is 2.14 bits per heavy atom. The van der Waals surface area contributed by atoms with Crippen LogP contribution >= 0.6 is 0 Å². The van der Waals surface area contributed by atoms with Crippen molar-refractivity contribution in [3.8, 4) is 17.1 Å². The molecular weight excluding hydrogens is 286 g/mol. The van der Waals surface area contributed by atoms with E-state index in [-0.39, 0.29) is 29.4 Å². The van der Waals surface area contributed by atoms with Crippen molar-refractivity contribution in [3.63, 3.8) is 0 Å². The molecule has 0 aliphatic rings. The summed E-state index contributed by atoms with van der Waals surface area (Å²) >= 11 is 0. The second kappa shape index (κ2) is 6.78. The molecule has 0 amide bonds. The van der Waals surface area contributed by atoms with Crippen LogP contribution in [0, 0.1) is 0 Å². The molecule has 1 aromatic carbocycles. The van der Waals surface area contributed by atoms with Crippen LogP contribution < -0.4 is 4.74 Å². The van der Waals surface area contributed by atoms with Crippen molar-refractivity contribution in [2.45, 2.75) is 25.9 Å². The maximum atomic E-state index is 12.3. The third-order valence-electron chi connectivity index (χ3n) is 2.59. The van der Waals surface area contributed by atoms with Crippen molar-refractivity contribution in [1.29, 1.82) is 0 Å². The number of carbonyl (C=O) groups is 1. The van der Waals surface area contributed by atoms with Gasteiger partial charge in [0.1, 0.15) is 5.75 Å². The average Bonchev–Trinajstić information content (AvgIpc) is 2.87. The first-order valence-corrected chi connectivity index (χ1v) is 6.15. The maximum Gasteiger partial charge on any atom is 0.387 e. The number of rotatable bonds is 7. The average molecular weight is 298 g/mol. The van der Waals surface area contributed by atoms with Crippen molar-refractivity contribution >= 4 is 5.97 Å². The second-order valence-electron chi connectivity index (χ2n) is 4.13. The van der Waals surface area contributed by atoms with Gasteiger partial charge in [-0.1, -0.05) is 17.3 Å². The number of aliphatic carboxylic acids is 1. The zero-order valence-corrected chi connectivity index (χ0v) is 10.8. The van der Waals surface area contributed by atoms with E-state index in [4.69, 9.17) is 9.63 Å². The number of nitrogens with zero attached hydrogens (tertiary/aromatic N) is 2. The lowest BCUT2D eigenvalue weighted by Crippen LogP contribution is -2.03. The molecule has 1 N–H and O–H groups in total. The highest BCUT2D eigenvalue weighted by Crippen LogP contribution is 2.28. The van der Waals surface area contributed by atoms with Crippen LogP contribution in [0.1, 0.15) is 18.7 Å². The van der Waals surface area contributed by atoms with E-state index in [2.05, 4.69) is 14.9 Å². The van der Waals surface area contributed by atoms with E-state index in [1.165, 1.54) is 12.1 Å². The normalized spacial score (nSPS) is 10.8. The quantitative estimate of drug-likeness (QED) is 0.846.